The highest BCUT2D eigenvalue weighted by Crippen LogP contribution is 2.37. The number of ether oxygens (including phenoxy) is 1. The molecule has 0 aliphatic carbocycles. The first-order valence-electron chi connectivity index (χ1n) is 12.4. The third kappa shape index (κ3) is 11.0. The standard InChI is InChI=1S/C26H37Cl2NO2S2/c1-2-3-4-5-6-7-8-9-10-11-12-13-14-15-16-31-20-24-25(30)29(26(32)33-24)23-18-21(27)17-22(28)19-23/h17-20H,2-16H2,1H3/b24-20-. The molecule has 0 N–H and O–H groups in total. The van der Waals surface area contributed by atoms with Gasteiger partial charge in [-0.2, -0.15) is 0 Å². The summed E-state index contributed by atoms with van der Waals surface area (Å²) in [4.78, 5) is 14.6. The number of hydrogen-bond acceptors (Lipinski definition) is 4. The molecule has 0 saturated carbocycles. The van der Waals surface area contributed by atoms with Gasteiger partial charge in [-0.25, -0.2) is 0 Å². The van der Waals surface area contributed by atoms with Gasteiger partial charge in [0.1, 0.15) is 11.2 Å². The molecule has 0 radical (unpaired) electrons. The lowest BCUT2D eigenvalue weighted by Crippen LogP contribution is -2.27. The molecule has 7 heteroatoms. The molecule has 1 saturated heterocycles. The molecule has 2 rings (SSSR count). The van der Waals surface area contributed by atoms with Crippen LogP contribution in [0.3, 0.4) is 0 Å². The van der Waals surface area contributed by atoms with E-state index in [0.717, 1.165) is 12.8 Å². The maximum atomic E-state index is 12.7. The molecule has 0 atom stereocenters. The van der Waals surface area contributed by atoms with Crippen molar-refractivity contribution in [3.05, 3.63) is 39.4 Å². The lowest BCUT2D eigenvalue weighted by Gasteiger charge is -2.15. The number of benzene rings is 1. The average Bonchev–Trinajstić information content (AvgIpc) is 3.05. The normalized spacial score (nSPS) is 15.1. The van der Waals surface area contributed by atoms with E-state index in [2.05, 4.69) is 6.92 Å². The Kier molecular flexibility index (Phi) is 14.5. The second-order valence-electron chi connectivity index (χ2n) is 8.59. The lowest BCUT2D eigenvalue weighted by atomic mass is 10.0. The Morgan fingerprint density at radius 3 is 1.85 bits per heavy atom. The van der Waals surface area contributed by atoms with Gasteiger partial charge in [0.05, 0.1) is 12.3 Å². The quantitative estimate of drug-likeness (QED) is 0.0868. The van der Waals surface area contributed by atoms with Gasteiger partial charge in [0.25, 0.3) is 5.91 Å². The molecule has 0 spiro atoms. The van der Waals surface area contributed by atoms with Crippen LogP contribution in [0.15, 0.2) is 29.4 Å². The zero-order chi connectivity index (χ0) is 23.9. The zero-order valence-electron chi connectivity index (χ0n) is 19.8. The second kappa shape index (κ2) is 16.8. The van der Waals surface area contributed by atoms with Gasteiger partial charge in [-0.15, -0.1) is 0 Å². The Labute approximate surface area is 219 Å². The molecular weight excluding hydrogens is 493 g/mol. The first kappa shape index (κ1) is 28.5. The van der Waals surface area contributed by atoms with Crippen molar-refractivity contribution in [3.8, 4) is 0 Å². The SMILES string of the molecule is CCCCCCCCCCCCCCCCO/C=C1\SC(=S)N(c2cc(Cl)cc(Cl)c2)C1=O. The number of thioether (sulfide) groups is 1. The van der Waals surface area contributed by atoms with E-state index in [1.54, 1.807) is 18.2 Å². The Bertz CT molecular complexity index is 765. The number of nitrogens with zero attached hydrogens (tertiary/aromatic N) is 1. The molecule has 33 heavy (non-hydrogen) atoms. The summed E-state index contributed by atoms with van der Waals surface area (Å²) in [7, 11) is 0. The molecule has 1 aromatic rings. The van der Waals surface area contributed by atoms with Crippen LogP contribution in [-0.2, 0) is 9.53 Å². The number of carbonyl (C=O) groups is 1. The zero-order valence-corrected chi connectivity index (χ0v) is 22.9. The van der Waals surface area contributed by atoms with Gasteiger partial charge in [-0.1, -0.05) is 138 Å². The number of hydrogen-bond donors (Lipinski definition) is 0. The molecule has 0 aromatic heterocycles. The van der Waals surface area contributed by atoms with E-state index in [1.165, 1.54) is 100.0 Å². The minimum Gasteiger partial charge on any atom is -0.500 e. The van der Waals surface area contributed by atoms with E-state index >= 15 is 0 Å². The molecule has 0 bridgehead atoms. The summed E-state index contributed by atoms with van der Waals surface area (Å²) in [6.45, 7) is 2.89. The minimum atomic E-state index is -0.204. The number of halogens is 2. The van der Waals surface area contributed by atoms with Crippen molar-refractivity contribution in [2.45, 2.75) is 96.8 Å². The summed E-state index contributed by atoms with van der Waals surface area (Å²) in [5.41, 5.74) is 0.574. The summed E-state index contributed by atoms with van der Waals surface area (Å²) >= 11 is 18.7. The number of rotatable bonds is 17. The van der Waals surface area contributed by atoms with Crippen LogP contribution in [0.4, 0.5) is 5.69 Å². The number of unbranched alkanes of at least 4 members (excludes halogenated alkanes) is 13. The minimum absolute atomic E-state index is 0.204. The summed E-state index contributed by atoms with van der Waals surface area (Å²) in [6.07, 6.45) is 20.1. The van der Waals surface area contributed by atoms with Gasteiger partial charge >= 0.3 is 0 Å². The number of thiocarbonyl (C=S) groups is 1. The van der Waals surface area contributed by atoms with Crippen LogP contribution in [0.5, 0.6) is 0 Å². The summed E-state index contributed by atoms with van der Waals surface area (Å²) in [5, 5.41) is 0.925. The van der Waals surface area contributed by atoms with Gasteiger partial charge in [0.15, 0.2) is 4.32 Å². The fourth-order valence-electron chi connectivity index (χ4n) is 3.86. The van der Waals surface area contributed by atoms with E-state index in [-0.39, 0.29) is 5.91 Å². The molecule has 3 nitrogen and oxygen atoms in total. The predicted molar refractivity (Wildman–Crippen MR) is 148 cm³/mol. The molecule has 184 valence electrons. The third-order valence-corrected chi connectivity index (χ3v) is 7.42. The Balaban J connectivity index is 1.51. The van der Waals surface area contributed by atoms with Gasteiger partial charge in [0, 0.05) is 10.0 Å². The smallest absolute Gasteiger partial charge is 0.273 e. The predicted octanol–water partition coefficient (Wildman–Crippen LogP) is 9.70. The molecule has 0 unspecified atom stereocenters. The van der Waals surface area contributed by atoms with Crippen molar-refractivity contribution in [1.29, 1.82) is 0 Å². The molecule has 1 aliphatic rings. The Morgan fingerprint density at radius 1 is 0.848 bits per heavy atom. The van der Waals surface area contributed by atoms with Crippen LogP contribution in [0.2, 0.25) is 10.0 Å². The fourth-order valence-corrected chi connectivity index (χ4v) is 5.59. The number of carbonyl (C=O) groups excluding carboxylic acids is 1. The third-order valence-electron chi connectivity index (χ3n) is 5.71. The van der Waals surface area contributed by atoms with Crippen molar-refractivity contribution in [1.82, 2.24) is 0 Å². The van der Waals surface area contributed by atoms with Crippen molar-refractivity contribution in [3.63, 3.8) is 0 Å². The lowest BCUT2D eigenvalue weighted by molar-refractivity contribution is -0.113. The largest absolute Gasteiger partial charge is 0.500 e. The van der Waals surface area contributed by atoms with Gasteiger partial charge in [-0.3, -0.25) is 9.69 Å². The highest BCUT2D eigenvalue weighted by molar-refractivity contribution is 8.27. The summed E-state index contributed by atoms with van der Waals surface area (Å²) in [6, 6.07) is 4.98. The van der Waals surface area contributed by atoms with E-state index in [0.29, 0.717) is 31.6 Å². The van der Waals surface area contributed by atoms with Crippen molar-refractivity contribution < 1.29 is 9.53 Å². The summed E-state index contributed by atoms with van der Waals surface area (Å²) < 4.78 is 6.08. The molecule has 1 aliphatic heterocycles. The molecule has 1 aromatic carbocycles. The first-order chi connectivity index (χ1) is 16.0. The van der Waals surface area contributed by atoms with Crippen LogP contribution in [-0.4, -0.2) is 16.8 Å². The van der Waals surface area contributed by atoms with Crippen LogP contribution in [0.25, 0.3) is 0 Å². The molecular formula is C26H37Cl2NO2S2. The number of amides is 1. The highest BCUT2D eigenvalue weighted by atomic mass is 35.5. The Morgan fingerprint density at radius 2 is 1.33 bits per heavy atom. The van der Waals surface area contributed by atoms with Crippen molar-refractivity contribution in [2.24, 2.45) is 0 Å². The van der Waals surface area contributed by atoms with Crippen LogP contribution in [0.1, 0.15) is 96.8 Å². The highest BCUT2D eigenvalue weighted by Gasteiger charge is 2.34. The topological polar surface area (TPSA) is 29.5 Å². The van der Waals surface area contributed by atoms with Crippen LogP contribution in [0, 0.1) is 0 Å². The van der Waals surface area contributed by atoms with Crippen molar-refractivity contribution >= 4 is 63.1 Å². The monoisotopic (exact) mass is 529 g/mol. The maximum absolute atomic E-state index is 12.7. The summed E-state index contributed by atoms with van der Waals surface area (Å²) in [5.74, 6) is -0.204. The van der Waals surface area contributed by atoms with E-state index in [1.807, 2.05) is 0 Å². The maximum Gasteiger partial charge on any atom is 0.273 e. The second-order valence-corrected chi connectivity index (χ2v) is 11.1. The Hall–Kier alpha value is -0.750. The number of anilines is 1. The van der Waals surface area contributed by atoms with Crippen molar-refractivity contribution in [2.75, 3.05) is 11.5 Å². The van der Waals surface area contributed by atoms with E-state index < -0.39 is 0 Å². The molecule has 1 heterocycles. The van der Waals surface area contributed by atoms with E-state index in [9.17, 15) is 4.79 Å². The van der Waals surface area contributed by atoms with Gasteiger partial charge in [0.2, 0.25) is 0 Å². The fraction of sp³-hybridized carbons (Fsp3) is 0.615. The first-order valence-corrected chi connectivity index (χ1v) is 14.3. The van der Waals surface area contributed by atoms with E-state index in [4.69, 9.17) is 40.2 Å². The van der Waals surface area contributed by atoms with Crippen LogP contribution < -0.4 is 4.90 Å². The molecule has 1 amide bonds. The van der Waals surface area contributed by atoms with Crippen LogP contribution >= 0.6 is 47.2 Å². The average molecular weight is 531 g/mol. The van der Waals surface area contributed by atoms with Gasteiger partial charge < -0.3 is 4.74 Å². The molecule has 1 fully saturated rings. The van der Waals surface area contributed by atoms with Gasteiger partial charge in [-0.05, 0) is 24.6 Å².